The molecule has 0 radical (unpaired) electrons. The summed E-state index contributed by atoms with van der Waals surface area (Å²) in [4.78, 5) is 16.7. The van der Waals surface area contributed by atoms with E-state index in [1.165, 1.54) is 0 Å². The van der Waals surface area contributed by atoms with Crippen LogP contribution in [0.3, 0.4) is 0 Å². The molecule has 1 aromatic heterocycles. The lowest BCUT2D eigenvalue weighted by Gasteiger charge is -2.12. The van der Waals surface area contributed by atoms with Gasteiger partial charge in [-0.15, -0.1) is 0 Å². The van der Waals surface area contributed by atoms with E-state index in [9.17, 15) is 4.79 Å². The Hall–Kier alpha value is -3.37. The second kappa shape index (κ2) is 9.19. The largest absolute Gasteiger partial charge is 0.381 e. The summed E-state index contributed by atoms with van der Waals surface area (Å²) in [5.74, 6) is -0.0561. The first-order valence-corrected chi connectivity index (χ1v) is 10.7. The highest BCUT2D eigenvalue weighted by Crippen LogP contribution is 2.33. The highest BCUT2D eigenvalue weighted by molar-refractivity contribution is 6.33. The van der Waals surface area contributed by atoms with Gasteiger partial charge in [0, 0.05) is 41.0 Å². The number of carbonyl (C=O) groups excluding carboxylic acids is 1. The van der Waals surface area contributed by atoms with Gasteiger partial charge in [0.15, 0.2) is 0 Å². The molecule has 4 rings (SSSR count). The molecule has 1 amide bonds. The van der Waals surface area contributed by atoms with Crippen molar-refractivity contribution in [1.82, 2.24) is 10.3 Å². The van der Waals surface area contributed by atoms with E-state index in [4.69, 9.17) is 11.6 Å². The van der Waals surface area contributed by atoms with Crippen LogP contribution in [0.2, 0.25) is 5.02 Å². The van der Waals surface area contributed by atoms with Crippen molar-refractivity contribution in [2.24, 2.45) is 0 Å². The van der Waals surface area contributed by atoms with Crippen LogP contribution in [0.5, 0.6) is 0 Å². The van der Waals surface area contributed by atoms with Crippen molar-refractivity contribution in [1.29, 1.82) is 0 Å². The number of benzene rings is 3. The fourth-order valence-corrected chi connectivity index (χ4v) is 3.68. The van der Waals surface area contributed by atoms with Crippen LogP contribution in [0.1, 0.15) is 29.8 Å². The van der Waals surface area contributed by atoms with Gasteiger partial charge in [0.2, 0.25) is 0 Å². The number of hydrogen-bond donors (Lipinski definition) is 2. The van der Waals surface area contributed by atoms with Gasteiger partial charge in [0.05, 0.1) is 10.7 Å². The summed E-state index contributed by atoms with van der Waals surface area (Å²) in [5, 5.41) is 9.20. The van der Waals surface area contributed by atoms with Gasteiger partial charge in [0.1, 0.15) is 0 Å². The number of rotatable bonds is 6. The summed E-state index contributed by atoms with van der Waals surface area (Å²) >= 11 is 6.53. The third-order valence-corrected chi connectivity index (χ3v) is 5.36. The van der Waals surface area contributed by atoms with Crippen LogP contribution in [0, 0.1) is 0 Å². The van der Waals surface area contributed by atoms with Gasteiger partial charge in [-0.25, -0.2) is 0 Å². The van der Waals surface area contributed by atoms with E-state index in [1.54, 1.807) is 0 Å². The molecular formula is C26H24ClN3O. The van der Waals surface area contributed by atoms with Gasteiger partial charge in [-0.3, -0.25) is 9.78 Å². The number of amides is 1. The van der Waals surface area contributed by atoms with E-state index in [0.29, 0.717) is 17.1 Å². The molecule has 0 aliphatic carbocycles. The van der Waals surface area contributed by atoms with E-state index in [2.05, 4.69) is 27.8 Å². The Morgan fingerprint density at radius 3 is 2.55 bits per heavy atom. The number of fused-ring (bicyclic) bond motifs is 1. The fourth-order valence-electron chi connectivity index (χ4n) is 3.47. The third-order valence-electron chi connectivity index (χ3n) is 5.03. The summed E-state index contributed by atoms with van der Waals surface area (Å²) < 4.78 is 0. The molecule has 0 saturated heterocycles. The average Bonchev–Trinajstić information content (AvgIpc) is 2.78. The Morgan fingerprint density at radius 2 is 1.77 bits per heavy atom. The first-order valence-electron chi connectivity index (χ1n) is 10.3. The molecule has 31 heavy (non-hydrogen) atoms. The molecular weight excluding hydrogens is 406 g/mol. The van der Waals surface area contributed by atoms with Crippen LogP contribution in [0.4, 0.5) is 5.69 Å². The van der Waals surface area contributed by atoms with Crippen LogP contribution in [-0.4, -0.2) is 16.9 Å². The Bertz CT molecular complexity index is 1210. The zero-order valence-corrected chi connectivity index (χ0v) is 18.3. The maximum Gasteiger partial charge on any atom is 0.251 e. The standard InChI is InChI=1S/C26H24ClN3O/c1-17(2)30-26(31)20-9-7-18(8-10-20)16-29-21-11-12-24(27)23(15-21)25-22-6-4-3-5-19(22)13-14-28-25/h3-15,17,29H,16H2,1-2H3,(H,30,31). The lowest BCUT2D eigenvalue weighted by Crippen LogP contribution is -2.29. The molecule has 2 N–H and O–H groups in total. The number of anilines is 1. The number of hydrogen-bond acceptors (Lipinski definition) is 3. The monoisotopic (exact) mass is 429 g/mol. The van der Waals surface area contributed by atoms with Crippen molar-refractivity contribution in [3.8, 4) is 11.3 Å². The quantitative estimate of drug-likeness (QED) is 0.378. The van der Waals surface area contributed by atoms with Gasteiger partial charge >= 0.3 is 0 Å². The predicted molar refractivity (Wildman–Crippen MR) is 129 cm³/mol. The molecule has 4 aromatic rings. The van der Waals surface area contributed by atoms with Crippen molar-refractivity contribution < 1.29 is 4.79 Å². The smallest absolute Gasteiger partial charge is 0.251 e. The van der Waals surface area contributed by atoms with Crippen LogP contribution in [0.25, 0.3) is 22.0 Å². The predicted octanol–water partition coefficient (Wildman–Crippen LogP) is 6.31. The molecule has 0 bridgehead atoms. The fraction of sp³-hybridized carbons (Fsp3) is 0.154. The minimum atomic E-state index is -0.0561. The molecule has 0 fully saturated rings. The number of nitrogens with one attached hydrogen (secondary N) is 2. The van der Waals surface area contributed by atoms with Gasteiger partial charge in [-0.05, 0) is 61.2 Å². The van der Waals surface area contributed by atoms with Gasteiger partial charge in [0.25, 0.3) is 5.91 Å². The Balaban J connectivity index is 1.52. The molecule has 0 atom stereocenters. The van der Waals surface area contributed by atoms with E-state index in [-0.39, 0.29) is 11.9 Å². The molecule has 5 heteroatoms. The lowest BCUT2D eigenvalue weighted by molar-refractivity contribution is 0.0943. The number of halogens is 1. The number of pyridine rings is 1. The van der Waals surface area contributed by atoms with Crippen molar-refractivity contribution in [2.45, 2.75) is 26.4 Å². The van der Waals surface area contributed by atoms with E-state index in [1.807, 2.05) is 80.7 Å². The Morgan fingerprint density at radius 1 is 1.00 bits per heavy atom. The highest BCUT2D eigenvalue weighted by Gasteiger charge is 2.11. The zero-order valence-electron chi connectivity index (χ0n) is 17.5. The number of nitrogens with zero attached hydrogens (tertiary/aromatic N) is 1. The Kier molecular flexibility index (Phi) is 6.19. The van der Waals surface area contributed by atoms with Gasteiger partial charge in [-0.2, -0.15) is 0 Å². The van der Waals surface area contributed by atoms with Crippen molar-refractivity contribution >= 4 is 34.0 Å². The summed E-state index contributed by atoms with van der Waals surface area (Å²) in [6.45, 7) is 4.53. The lowest BCUT2D eigenvalue weighted by atomic mass is 10.0. The molecule has 0 aliphatic heterocycles. The molecule has 0 spiro atoms. The molecule has 1 heterocycles. The van der Waals surface area contributed by atoms with Crippen LogP contribution in [-0.2, 0) is 6.54 Å². The van der Waals surface area contributed by atoms with Crippen LogP contribution in [0.15, 0.2) is 79.0 Å². The minimum Gasteiger partial charge on any atom is -0.381 e. The maximum atomic E-state index is 12.1. The summed E-state index contributed by atoms with van der Waals surface area (Å²) in [5.41, 5.74) is 4.46. The SMILES string of the molecule is CC(C)NC(=O)c1ccc(CNc2ccc(Cl)c(-c3nccc4ccccc34)c2)cc1. The summed E-state index contributed by atoms with van der Waals surface area (Å²) in [6, 6.07) is 23.8. The topological polar surface area (TPSA) is 54.0 Å². The normalized spacial score (nSPS) is 11.0. The maximum absolute atomic E-state index is 12.1. The molecule has 0 unspecified atom stereocenters. The van der Waals surface area contributed by atoms with Gasteiger partial charge < -0.3 is 10.6 Å². The molecule has 0 saturated carbocycles. The molecule has 0 aliphatic rings. The van der Waals surface area contributed by atoms with Crippen LogP contribution >= 0.6 is 11.6 Å². The molecule has 156 valence electrons. The first-order chi connectivity index (χ1) is 15.0. The van der Waals surface area contributed by atoms with Crippen molar-refractivity contribution in [2.75, 3.05) is 5.32 Å². The zero-order chi connectivity index (χ0) is 21.8. The van der Waals surface area contributed by atoms with Crippen molar-refractivity contribution in [3.63, 3.8) is 0 Å². The first kappa shape index (κ1) is 20.9. The average molecular weight is 430 g/mol. The van der Waals surface area contributed by atoms with Crippen LogP contribution < -0.4 is 10.6 Å². The second-order valence-electron chi connectivity index (χ2n) is 7.75. The molecule has 3 aromatic carbocycles. The Labute approximate surface area is 187 Å². The van der Waals surface area contributed by atoms with E-state index < -0.39 is 0 Å². The number of aromatic nitrogens is 1. The summed E-state index contributed by atoms with van der Waals surface area (Å²) in [6.07, 6.45) is 1.81. The third kappa shape index (κ3) is 4.86. The summed E-state index contributed by atoms with van der Waals surface area (Å²) in [7, 11) is 0. The molecule has 4 nitrogen and oxygen atoms in total. The van der Waals surface area contributed by atoms with E-state index in [0.717, 1.165) is 33.3 Å². The van der Waals surface area contributed by atoms with Gasteiger partial charge in [-0.1, -0.05) is 48.0 Å². The second-order valence-corrected chi connectivity index (χ2v) is 8.16. The highest BCUT2D eigenvalue weighted by atomic mass is 35.5. The van der Waals surface area contributed by atoms with E-state index >= 15 is 0 Å². The minimum absolute atomic E-state index is 0.0561. The number of carbonyl (C=O) groups is 1. The van der Waals surface area contributed by atoms with Crippen molar-refractivity contribution in [3.05, 3.63) is 95.1 Å².